The van der Waals surface area contributed by atoms with E-state index in [4.69, 9.17) is 14.2 Å². The van der Waals surface area contributed by atoms with Gasteiger partial charge in [0.25, 0.3) is 11.6 Å². The number of nitrogens with one attached hydrogen (secondary N) is 1. The molecule has 29 heavy (non-hydrogen) atoms. The van der Waals surface area contributed by atoms with Crippen LogP contribution < -0.4 is 14.8 Å². The van der Waals surface area contributed by atoms with E-state index in [0.29, 0.717) is 17.6 Å². The number of nitrogens with zero attached hydrogens (tertiary/aromatic N) is 1. The predicted molar refractivity (Wildman–Crippen MR) is 89.6 cm³/mol. The van der Waals surface area contributed by atoms with E-state index in [1.165, 1.54) is 18.2 Å². The number of nitro benzene ring substituents is 1. The first-order valence-corrected chi connectivity index (χ1v) is 7.87. The van der Waals surface area contributed by atoms with E-state index in [2.05, 4.69) is 0 Å². The summed E-state index contributed by atoms with van der Waals surface area (Å²) in [4.78, 5) is 33.6. The first kappa shape index (κ1) is 19.9. The third-order valence-corrected chi connectivity index (χ3v) is 3.74. The highest BCUT2D eigenvalue weighted by atomic mass is 19.4. The van der Waals surface area contributed by atoms with Gasteiger partial charge in [0, 0.05) is 12.1 Å². The molecule has 0 bridgehead atoms. The number of carbonyl (C=O) groups excluding carboxylic acids is 2. The summed E-state index contributed by atoms with van der Waals surface area (Å²) in [5.74, 6) is -1.22. The number of ether oxygens (including phenoxy) is 3. The van der Waals surface area contributed by atoms with Crippen molar-refractivity contribution in [2.45, 2.75) is 6.18 Å². The molecule has 0 fully saturated rings. The van der Waals surface area contributed by atoms with E-state index in [-0.39, 0.29) is 12.4 Å². The van der Waals surface area contributed by atoms with Crippen LogP contribution >= 0.6 is 0 Å². The summed E-state index contributed by atoms with van der Waals surface area (Å²) < 4.78 is 54.3. The Balaban J connectivity index is 1.66. The van der Waals surface area contributed by atoms with Crippen molar-refractivity contribution in [3.63, 3.8) is 0 Å². The Morgan fingerprint density at radius 1 is 1.14 bits per heavy atom. The second-order valence-corrected chi connectivity index (χ2v) is 5.68. The zero-order valence-corrected chi connectivity index (χ0v) is 14.3. The number of halogens is 3. The lowest BCUT2D eigenvalue weighted by molar-refractivity contribution is -0.385. The first-order chi connectivity index (χ1) is 13.6. The van der Waals surface area contributed by atoms with Crippen LogP contribution in [0.1, 0.15) is 15.9 Å². The van der Waals surface area contributed by atoms with Gasteiger partial charge in [-0.2, -0.15) is 13.2 Å². The first-order valence-electron chi connectivity index (χ1n) is 7.87. The van der Waals surface area contributed by atoms with Gasteiger partial charge >= 0.3 is 12.1 Å². The van der Waals surface area contributed by atoms with E-state index in [1.54, 1.807) is 0 Å². The van der Waals surface area contributed by atoms with E-state index in [0.717, 1.165) is 12.1 Å². The van der Waals surface area contributed by atoms with Crippen molar-refractivity contribution in [3.8, 4) is 11.5 Å². The number of hydrogen-bond acceptors (Lipinski definition) is 7. The number of esters is 1. The molecule has 1 N–H and O–H groups in total. The molecule has 1 heterocycles. The maximum atomic E-state index is 13.1. The fourth-order valence-corrected chi connectivity index (χ4v) is 2.41. The molecule has 1 amide bonds. The second kappa shape index (κ2) is 7.66. The van der Waals surface area contributed by atoms with Crippen LogP contribution in [0.3, 0.4) is 0 Å². The van der Waals surface area contributed by atoms with Crippen LogP contribution in [-0.2, 0) is 15.7 Å². The quantitative estimate of drug-likeness (QED) is 0.455. The maximum absolute atomic E-state index is 13.1. The average molecular weight is 412 g/mol. The van der Waals surface area contributed by atoms with Crippen molar-refractivity contribution in [3.05, 3.63) is 57.6 Å². The van der Waals surface area contributed by atoms with E-state index in [1.807, 2.05) is 5.32 Å². The minimum absolute atomic E-state index is 0.00693. The summed E-state index contributed by atoms with van der Waals surface area (Å²) in [6, 6.07) is 6.02. The third kappa shape index (κ3) is 4.54. The van der Waals surface area contributed by atoms with Crippen molar-refractivity contribution in [1.82, 2.24) is 0 Å². The summed E-state index contributed by atoms with van der Waals surface area (Å²) in [7, 11) is 0. The molecule has 0 spiro atoms. The van der Waals surface area contributed by atoms with Crippen molar-refractivity contribution >= 4 is 23.3 Å². The molecule has 9 nitrogen and oxygen atoms in total. The average Bonchev–Trinajstić information content (AvgIpc) is 3.13. The molecule has 0 unspecified atom stereocenters. The summed E-state index contributed by atoms with van der Waals surface area (Å²) in [5.41, 5.74) is -2.84. The number of alkyl halides is 3. The molecule has 1 aliphatic heterocycles. The monoisotopic (exact) mass is 412 g/mol. The van der Waals surface area contributed by atoms with Crippen molar-refractivity contribution in [2.24, 2.45) is 0 Å². The molecule has 12 heteroatoms. The standard InChI is InChI=1S/C17H11F3N2O7/c18-17(19,20)11-6-10(22(25)26)2-3-12(11)21-15(23)7-27-16(24)9-1-4-13-14(5-9)29-8-28-13/h1-6H,7-8H2,(H,21,23). The Morgan fingerprint density at radius 3 is 2.55 bits per heavy atom. The number of nitro groups is 1. The molecule has 0 aliphatic carbocycles. The van der Waals surface area contributed by atoms with Crippen molar-refractivity contribution in [1.29, 1.82) is 0 Å². The highest BCUT2D eigenvalue weighted by molar-refractivity contribution is 5.96. The van der Waals surface area contributed by atoms with Gasteiger partial charge in [-0.1, -0.05) is 0 Å². The molecular formula is C17H11F3N2O7. The molecule has 0 atom stereocenters. The van der Waals surface area contributed by atoms with Gasteiger partial charge in [-0.3, -0.25) is 14.9 Å². The fourth-order valence-electron chi connectivity index (χ4n) is 2.41. The topological polar surface area (TPSA) is 117 Å². The SMILES string of the molecule is O=C(COC(=O)c1ccc2c(c1)OCO2)Nc1ccc([N+](=O)[O-])cc1C(F)(F)F. The minimum Gasteiger partial charge on any atom is -0.454 e. The lowest BCUT2D eigenvalue weighted by Crippen LogP contribution is -2.23. The molecule has 0 saturated carbocycles. The van der Waals surface area contributed by atoms with Crippen molar-refractivity contribution in [2.75, 3.05) is 18.7 Å². The van der Waals surface area contributed by atoms with Crippen LogP contribution in [0.5, 0.6) is 11.5 Å². The number of fused-ring (bicyclic) bond motifs is 1. The van der Waals surface area contributed by atoms with Gasteiger partial charge in [0.2, 0.25) is 6.79 Å². The number of rotatable bonds is 5. The molecule has 3 rings (SSSR count). The Kier molecular flexibility index (Phi) is 5.26. The number of non-ortho nitro benzene ring substituents is 1. The number of anilines is 1. The summed E-state index contributed by atoms with van der Waals surface area (Å²) in [5, 5.41) is 12.6. The Morgan fingerprint density at radius 2 is 1.86 bits per heavy atom. The molecule has 2 aromatic carbocycles. The van der Waals surface area contributed by atoms with Crippen LogP contribution in [0.25, 0.3) is 0 Å². The van der Waals surface area contributed by atoms with E-state index in [9.17, 15) is 32.9 Å². The summed E-state index contributed by atoms with van der Waals surface area (Å²) >= 11 is 0. The van der Waals surface area contributed by atoms with E-state index < -0.39 is 46.5 Å². The van der Waals surface area contributed by atoms with Gasteiger partial charge in [0.05, 0.1) is 21.7 Å². The van der Waals surface area contributed by atoms with Gasteiger partial charge in [-0.05, 0) is 24.3 Å². The minimum atomic E-state index is -4.95. The molecule has 2 aromatic rings. The van der Waals surface area contributed by atoms with Crippen molar-refractivity contribution < 1.29 is 41.9 Å². The third-order valence-electron chi connectivity index (χ3n) is 3.74. The lowest BCUT2D eigenvalue weighted by atomic mass is 10.1. The van der Waals surface area contributed by atoms with Gasteiger partial charge < -0.3 is 19.5 Å². The Hall–Kier alpha value is -3.83. The second-order valence-electron chi connectivity index (χ2n) is 5.68. The van der Waals surface area contributed by atoms with E-state index >= 15 is 0 Å². The molecule has 0 aromatic heterocycles. The molecule has 0 radical (unpaired) electrons. The largest absolute Gasteiger partial charge is 0.454 e. The highest BCUT2D eigenvalue weighted by Gasteiger charge is 2.35. The molecule has 1 aliphatic rings. The van der Waals surface area contributed by atoms with Crippen LogP contribution in [0, 0.1) is 10.1 Å². The van der Waals surface area contributed by atoms with Crippen LogP contribution in [-0.4, -0.2) is 30.2 Å². The number of amides is 1. The number of hydrogen-bond donors (Lipinski definition) is 1. The zero-order chi connectivity index (χ0) is 21.2. The lowest BCUT2D eigenvalue weighted by Gasteiger charge is -2.13. The molecule has 0 saturated heterocycles. The van der Waals surface area contributed by atoms with Crippen LogP contribution in [0.2, 0.25) is 0 Å². The summed E-state index contributed by atoms with van der Waals surface area (Å²) in [6.07, 6.45) is -4.95. The fraction of sp³-hybridized carbons (Fsp3) is 0.176. The predicted octanol–water partition coefficient (Wildman–Crippen LogP) is 3.14. The Labute approximate surface area is 160 Å². The molecule has 152 valence electrons. The van der Waals surface area contributed by atoms with Gasteiger partial charge in [0.1, 0.15) is 0 Å². The van der Waals surface area contributed by atoms with Gasteiger partial charge in [-0.15, -0.1) is 0 Å². The highest BCUT2D eigenvalue weighted by Crippen LogP contribution is 2.37. The smallest absolute Gasteiger partial charge is 0.418 e. The summed E-state index contributed by atoms with van der Waals surface area (Å²) in [6.45, 7) is -0.880. The zero-order valence-electron chi connectivity index (χ0n) is 14.3. The van der Waals surface area contributed by atoms with Crippen LogP contribution in [0.4, 0.5) is 24.5 Å². The van der Waals surface area contributed by atoms with Gasteiger partial charge in [0.15, 0.2) is 18.1 Å². The van der Waals surface area contributed by atoms with Gasteiger partial charge in [-0.25, -0.2) is 4.79 Å². The normalized spacial score (nSPS) is 12.4. The van der Waals surface area contributed by atoms with Crippen LogP contribution in [0.15, 0.2) is 36.4 Å². The Bertz CT molecular complexity index is 991. The number of benzene rings is 2. The maximum Gasteiger partial charge on any atom is 0.418 e. The number of carbonyl (C=O) groups is 2. The molecular weight excluding hydrogens is 401 g/mol.